The number of ether oxygens (including phenoxy) is 1. The Morgan fingerprint density at radius 3 is 2.86 bits per heavy atom. The molecule has 0 unspecified atom stereocenters. The van der Waals surface area contributed by atoms with Gasteiger partial charge in [0.1, 0.15) is 10.6 Å². The maximum atomic E-state index is 12.1. The van der Waals surface area contributed by atoms with Gasteiger partial charge in [0.25, 0.3) is 0 Å². The van der Waals surface area contributed by atoms with Crippen molar-refractivity contribution in [1.82, 2.24) is 20.3 Å². The largest absolute Gasteiger partial charge is 0.495 e. The van der Waals surface area contributed by atoms with Crippen molar-refractivity contribution in [1.29, 1.82) is 0 Å². The molecule has 150 valence electrons. The molecular formula is C20H21N5O2S2. The van der Waals surface area contributed by atoms with Crippen LogP contribution in [0.1, 0.15) is 32.9 Å². The third kappa shape index (κ3) is 6.01. The number of hydrogen-bond donors (Lipinski definition) is 2. The topological polar surface area (TPSA) is 89.0 Å². The number of carbonyl (C=O) groups excluding carboxylic acids is 1. The molecule has 0 aliphatic rings. The maximum Gasteiger partial charge on any atom is 0.321 e. The average molecular weight is 428 g/mol. The Hall–Kier alpha value is -2.96. The van der Waals surface area contributed by atoms with E-state index in [1.165, 1.54) is 16.2 Å². The van der Waals surface area contributed by atoms with E-state index in [9.17, 15) is 4.79 Å². The van der Waals surface area contributed by atoms with Crippen LogP contribution in [-0.2, 0) is 12.8 Å². The van der Waals surface area contributed by atoms with Gasteiger partial charge in [0.05, 0.1) is 24.0 Å². The highest BCUT2D eigenvalue weighted by atomic mass is 32.1. The maximum absolute atomic E-state index is 12.1. The lowest BCUT2D eigenvalue weighted by molar-refractivity contribution is 0.252. The van der Waals surface area contributed by atoms with Gasteiger partial charge >= 0.3 is 6.03 Å². The van der Waals surface area contributed by atoms with Crippen molar-refractivity contribution in [3.63, 3.8) is 0 Å². The first-order valence-corrected chi connectivity index (χ1v) is 10.7. The van der Waals surface area contributed by atoms with E-state index in [0.717, 1.165) is 27.6 Å². The Balaban J connectivity index is 1.54. The highest BCUT2D eigenvalue weighted by Gasteiger charge is 2.09. The van der Waals surface area contributed by atoms with Gasteiger partial charge < -0.3 is 10.1 Å². The van der Waals surface area contributed by atoms with Crippen molar-refractivity contribution < 1.29 is 9.53 Å². The summed E-state index contributed by atoms with van der Waals surface area (Å²) in [5.74, 6) is 6.78. The van der Waals surface area contributed by atoms with Gasteiger partial charge in [0.15, 0.2) is 5.13 Å². The molecule has 0 aliphatic heterocycles. The number of aromatic nitrogens is 3. The molecule has 9 heteroatoms. The molecule has 29 heavy (non-hydrogen) atoms. The molecule has 3 aromatic rings. The molecule has 0 aromatic carbocycles. The number of carbonyl (C=O) groups is 1. The standard InChI is InChI=1S/C20H21N5O2S2/c1-4-16-12-23-18(28-16)7-8-22-19(26)25-20-24-13(2)17(29-20)6-5-14-9-15(27-3)11-21-10-14/h9-12H,4,7-8H2,1-3H3,(H2,22,24,25,26). The fourth-order valence-electron chi connectivity index (χ4n) is 2.34. The molecular weight excluding hydrogens is 406 g/mol. The Labute approximate surface area is 177 Å². The van der Waals surface area contributed by atoms with E-state index in [2.05, 4.69) is 44.4 Å². The number of rotatable bonds is 6. The summed E-state index contributed by atoms with van der Waals surface area (Å²) in [5.41, 5.74) is 1.52. The number of amides is 2. The molecule has 0 fully saturated rings. The zero-order valence-electron chi connectivity index (χ0n) is 16.4. The van der Waals surface area contributed by atoms with Crippen LogP contribution in [-0.4, -0.2) is 34.6 Å². The van der Waals surface area contributed by atoms with Crippen LogP contribution in [0.5, 0.6) is 5.75 Å². The molecule has 0 saturated heterocycles. The van der Waals surface area contributed by atoms with Gasteiger partial charge in [0.2, 0.25) is 0 Å². The summed E-state index contributed by atoms with van der Waals surface area (Å²) in [6, 6.07) is 1.53. The second-order valence-electron chi connectivity index (χ2n) is 6.00. The van der Waals surface area contributed by atoms with Crippen LogP contribution in [0.2, 0.25) is 0 Å². The number of anilines is 1. The SMILES string of the molecule is CCc1cnc(CCNC(=O)Nc2nc(C)c(C#Cc3cncc(OC)c3)s2)s1. The lowest BCUT2D eigenvalue weighted by Crippen LogP contribution is -2.30. The van der Waals surface area contributed by atoms with E-state index in [4.69, 9.17) is 4.74 Å². The lowest BCUT2D eigenvalue weighted by Gasteiger charge is -2.03. The minimum atomic E-state index is -0.289. The minimum Gasteiger partial charge on any atom is -0.495 e. The van der Waals surface area contributed by atoms with Crippen molar-refractivity contribution in [2.45, 2.75) is 26.7 Å². The molecule has 3 rings (SSSR count). The molecule has 2 amide bonds. The van der Waals surface area contributed by atoms with Gasteiger partial charge in [-0.15, -0.1) is 11.3 Å². The highest BCUT2D eigenvalue weighted by molar-refractivity contribution is 7.16. The van der Waals surface area contributed by atoms with Crippen LogP contribution in [0.15, 0.2) is 24.7 Å². The number of aryl methyl sites for hydroxylation is 2. The van der Waals surface area contributed by atoms with Crippen LogP contribution < -0.4 is 15.4 Å². The average Bonchev–Trinajstić information content (AvgIpc) is 3.32. The number of urea groups is 1. The van der Waals surface area contributed by atoms with E-state index in [-0.39, 0.29) is 6.03 Å². The predicted molar refractivity (Wildman–Crippen MR) is 116 cm³/mol. The van der Waals surface area contributed by atoms with Crippen molar-refractivity contribution >= 4 is 33.8 Å². The molecule has 0 atom stereocenters. The zero-order valence-corrected chi connectivity index (χ0v) is 18.0. The van der Waals surface area contributed by atoms with Gasteiger partial charge in [-0.05, 0) is 25.3 Å². The summed E-state index contributed by atoms with van der Waals surface area (Å²) in [6.45, 7) is 4.48. The van der Waals surface area contributed by atoms with Gasteiger partial charge in [-0.3, -0.25) is 10.3 Å². The zero-order chi connectivity index (χ0) is 20.6. The number of thiazole rings is 2. The molecule has 0 aliphatic carbocycles. The molecule has 3 heterocycles. The van der Waals surface area contributed by atoms with E-state index in [1.807, 2.05) is 19.2 Å². The quantitative estimate of drug-likeness (QED) is 0.587. The number of hydrogen-bond acceptors (Lipinski definition) is 7. The van der Waals surface area contributed by atoms with Crippen LogP contribution in [0.25, 0.3) is 0 Å². The number of nitrogens with one attached hydrogen (secondary N) is 2. The fraction of sp³-hybridized carbons (Fsp3) is 0.300. The summed E-state index contributed by atoms with van der Waals surface area (Å²) >= 11 is 3.01. The number of methoxy groups -OCH3 is 1. The second-order valence-corrected chi connectivity index (χ2v) is 8.20. The van der Waals surface area contributed by atoms with Crippen LogP contribution in [0, 0.1) is 18.8 Å². The van der Waals surface area contributed by atoms with E-state index >= 15 is 0 Å². The smallest absolute Gasteiger partial charge is 0.321 e. The lowest BCUT2D eigenvalue weighted by atomic mass is 10.2. The third-order valence-electron chi connectivity index (χ3n) is 3.86. The van der Waals surface area contributed by atoms with Crippen LogP contribution >= 0.6 is 22.7 Å². The summed E-state index contributed by atoms with van der Waals surface area (Å²) in [6.07, 6.45) is 6.88. The molecule has 0 saturated carbocycles. The fourth-order valence-corrected chi connectivity index (χ4v) is 4.02. The predicted octanol–water partition coefficient (Wildman–Crippen LogP) is 3.64. The normalized spacial score (nSPS) is 10.2. The molecule has 7 nitrogen and oxygen atoms in total. The van der Waals surface area contributed by atoms with Gasteiger partial charge in [-0.1, -0.05) is 24.2 Å². The van der Waals surface area contributed by atoms with E-state index in [1.54, 1.807) is 30.8 Å². The highest BCUT2D eigenvalue weighted by Crippen LogP contribution is 2.21. The van der Waals surface area contributed by atoms with Crippen LogP contribution in [0.3, 0.4) is 0 Å². The first-order valence-electron chi connectivity index (χ1n) is 9.04. The first-order chi connectivity index (χ1) is 14.1. The summed E-state index contributed by atoms with van der Waals surface area (Å²) < 4.78 is 5.15. The van der Waals surface area contributed by atoms with E-state index in [0.29, 0.717) is 23.8 Å². The Morgan fingerprint density at radius 1 is 1.24 bits per heavy atom. The van der Waals surface area contributed by atoms with Crippen molar-refractivity contribution in [2.75, 3.05) is 19.0 Å². The molecule has 0 bridgehead atoms. The molecule has 0 spiro atoms. The Kier molecular flexibility index (Phi) is 7.16. The Morgan fingerprint density at radius 2 is 2.10 bits per heavy atom. The monoisotopic (exact) mass is 427 g/mol. The van der Waals surface area contributed by atoms with Gasteiger partial charge in [-0.25, -0.2) is 14.8 Å². The second kappa shape index (κ2) is 10.0. The van der Waals surface area contributed by atoms with Crippen molar-refractivity contribution in [3.8, 4) is 17.6 Å². The molecule has 3 aromatic heterocycles. The minimum absolute atomic E-state index is 0.289. The van der Waals surface area contributed by atoms with Gasteiger partial charge in [-0.2, -0.15) is 0 Å². The van der Waals surface area contributed by atoms with Gasteiger partial charge in [0, 0.05) is 35.8 Å². The Bertz CT molecular complexity index is 1050. The number of nitrogens with zero attached hydrogens (tertiary/aromatic N) is 3. The molecule has 2 N–H and O–H groups in total. The molecule has 0 radical (unpaired) electrons. The third-order valence-corrected chi connectivity index (χ3v) is 6.05. The summed E-state index contributed by atoms with van der Waals surface area (Å²) in [5, 5.41) is 7.13. The van der Waals surface area contributed by atoms with Crippen LogP contribution in [0.4, 0.5) is 9.93 Å². The van der Waals surface area contributed by atoms with Crippen molar-refractivity contribution in [3.05, 3.63) is 50.7 Å². The summed E-state index contributed by atoms with van der Waals surface area (Å²) in [7, 11) is 1.59. The van der Waals surface area contributed by atoms with Crippen molar-refractivity contribution in [2.24, 2.45) is 0 Å². The number of pyridine rings is 1. The summed E-state index contributed by atoms with van der Waals surface area (Å²) in [4.78, 5) is 26.9. The first kappa shape index (κ1) is 20.8. The van der Waals surface area contributed by atoms with E-state index < -0.39 is 0 Å².